The highest BCUT2D eigenvalue weighted by atomic mass is 16.5. The SMILES string of the molecule is COc1ccc(-c2[nH]nc3c2C(=O)c2c(NC(=O)CN4CCCC4)cccc2-3)cc1. The number of amides is 1. The van der Waals surface area contributed by atoms with Crippen molar-refractivity contribution in [2.45, 2.75) is 12.8 Å². The average molecular weight is 402 g/mol. The smallest absolute Gasteiger partial charge is 0.238 e. The number of methoxy groups -OCH3 is 1. The molecule has 1 aromatic heterocycles. The van der Waals surface area contributed by atoms with Crippen molar-refractivity contribution in [3.05, 3.63) is 53.6 Å². The number of likely N-dealkylation sites (tertiary alicyclic amines) is 1. The van der Waals surface area contributed by atoms with Gasteiger partial charge in [-0.25, -0.2) is 0 Å². The molecule has 1 amide bonds. The van der Waals surface area contributed by atoms with Crippen LogP contribution in [-0.2, 0) is 4.79 Å². The number of nitrogens with one attached hydrogen (secondary N) is 2. The third-order valence-electron chi connectivity index (χ3n) is 5.76. The van der Waals surface area contributed by atoms with Gasteiger partial charge < -0.3 is 10.1 Å². The van der Waals surface area contributed by atoms with Gasteiger partial charge in [0, 0.05) is 11.1 Å². The number of aromatic nitrogens is 2. The zero-order valence-corrected chi connectivity index (χ0v) is 16.7. The lowest BCUT2D eigenvalue weighted by Crippen LogP contribution is -2.31. The molecule has 2 aliphatic rings. The molecule has 1 aliphatic carbocycles. The fraction of sp³-hybridized carbons (Fsp3) is 0.261. The molecule has 1 aliphatic heterocycles. The monoisotopic (exact) mass is 402 g/mol. The highest BCUT2D eigenvalue weighted by Gasteiger charge is 2.35. The quantitative estimate of drug-likeness (QED) is 0.535. The molecule has 2 aromatic carbocycles. The van der Waals surface area contributed by atoms with E-state index in [-0.39, 0.29) is 11.7 Å². The van der Waals surface area contributed by atoms with E-state index < -0.39 is 0 Å². The lowest BCUT2D eigenvalue weighted by Gasteiger charge is -2.15. The second-order valence-electron chi connectivity index (χ2n) is 7.64. The van der Waals surface area contributed by atoms with Gasteiger partial charge in [0.15, 0.2) is 5.78 Å². The molecular formula is C23H22N4O3. The first-order chi connectivity index (χ1) is 14.7. The number of hydrogen-bond donors (Lipinski definition) is 2. The molecule has 1 saturated heterocycles. The van der Waals surface area contributed by atoms with E-state index in [2.05, 4.69) is 20.4 Å². The van der Waals surface area contributed by atoms with Crippen LogP contribution in [-0.4, -0.2) is 53.5 Å². The number of nitrogens with zero attached hydrogens (tertiary/aromatic N) is 2. The Kier molecular flexibility index (Phi) is 4.59. The molecule has 1 fully saturated rings. The number of carbonyl (C=O) groups is 2. The van der Waals surface area contributed by atoms with Crippen molar-refractivity contribution < 1.29 is 14.3 Å². The summed E-state index contributed by atoms with van der Waals surface area (Å²) in [6.45, 7) is 2.24. The van der Waals surface area contributed by atoms with E-state index in [1.54, 1.807) is 13.2 Å². The molecule has 0 bridgehead atoms. The Labute approximate surface area is 174 Å². The maximum atomic E-state index is 13.4. The number of rotatable bonds is 5. The van der Waals surface area contributed by atoms with E-state index in [1.807, 2.05) is 36.4 Å². The van der Waals surface area contributed by atoms with Crippen LogP contribution in [0.25, 0.3) is 22.5 Å². The average Bonchev–Trinajstić information content (AvgIpc) is 3.48. The highest BCUT2D eigenvalue weighted by Crippen LogP contribution is 2.43. The molecular weight excluding hydrogens is 380 g/mol. The third-order valence-corrected chi connectivity index (χ3v) is 5.76. The molecule has 5 rings (SSSR count). The van der Waals surface area contributed by atoms with Crippen LogP contribution in [0.1, 0.15) is 28.8 Å². The summed E-state index contributed by atoms with van der Waals surface area (Å²) in [5, 5.41) is 10.4. The number of ether oxygens (including phenoxy) is 1. The van der Waals surface area contributed by atoms with Gasteiger partial charge in [0.1, 0.15) is 11.4 Å². The van der Waals surface area contributed by atoms with Gasteiger partial charge in [-0.15, -0.1) is 0 Å². The molecule has 2 N–H and O–H groups in total. The van der Waals surface area contributed by atoms with Crippen LogP contribution in [0.4, 0.5) is 5.69 Å². The maximum absolute atomic E-state index is 13.4. The van der Waals surface area contributed by atoms with Crippen molar-refractivity contribution in [1.82, 2.24) is 15.1 Å². The standard InChI is InChI=1S/C23H22N4O3/c1-30-15-9-7-14(8-10-15)21-20-22(26-25-21)16-5-4-6-17(19(16)23(20)29)24-18(28)13-27-11-2-3-12-27/h4-10H,2-3,11-13H2,1H3,(H,24,28)(H,25,26). The highest BCUT2D eigenvalue weighted by molar-refractivity contribution is 6.27. The van der Waals surface area contributed by atoms with Crippen molar-refractivity contribution in [2.24, 2.45) is 0 Å². The number of anilines is 1. The van der Waals surface area contributed by atoms with Crippen molar-refractivity contribution in [2.75, 3.05) is 32.1 Å². The van der Waals surface area contributed by atoms with Crippen LogP contribution in [0, 0.1) is 0 Å². The molecule has 7 heteroatoms. The zero-order chi connectivity index (χ0) is 20.7. The van der Waals surface area contributed by atoms with Crippen molar-refractivity contribution >= 4 is 17.4 Å². The predicted octanol–water partition coefficient (Wildman–Crippen LogP) is 3.33. The minimum atomic E-state index is -0.128. The van der Waals surface area contributed by atoms with E-state index in [0.29, 0.717) is 34.7 Å². The Morgan fingerprint density at radius 1 is 1.13 bits per heavy atom. The number of ketones is 1. The van der Waals surface area contributed by atoms with Crippen LogP contribution in [0.3, 0.4) is 0 Å². The Morgan fingerprint density at radius 3 is 2.63 bits per heavy atom. The summed E-state index contributed by atoms with van der Waals surface area (Å²) in [6, 6.07) is 13.0. The van der Waals surface area contributed by atoms with Gasteiger partial charge in [-0.05, 0) is 56.3 Å². The summed E-state index contributed by atoms with van der Waals surface area (Å²) in [5.41, 5.74) is 4.47. The number of benzene rings is 2. The van der Waals surface area contributed by atoms with E-state index in [9.17, 15) is 9.59 Å². The number of fused-ring (bicyclic) bond motifs is 3. The molecule has 30 heavy (non-hydrogen) atoms. The van der Waals surface area contributed by atoms with E-state index in [1.165, 1.54) is 0 Å². The molecule has 0 radical (unpaired) electrons. The minimum Gasteiger partial charge on any atom is -0.497 e. The third kappa shape index (κ3) is 3.07. The summed E-state index contributed by atoms with van der Waals surface area (Å²) in [7, 11) is 1.61. The first-order valence-corrected chi connectivity index (χ1v) is 10.1. The molecule has 3 aromatic rings. The molecule has 2 heterocycles. The normalized spacial score (nSPS) is 15.2. The van der Waals surface area contributed by atoms with Gasteiger partial charge in [-0.3, -0.25) is 19.6 Å². The number of aromatic amines is 1. The topological polar surface area (TPSA) is 87.3 Å². The second kappa shape index (κ2) is 7.42. The van der Waals surface area contributed by atoms with Gasteiger partial charge in [0.25, 0.3) is 0 Å². The molecule has 0 atom stereocenters. The maximum Gasteiger partial charge on any atom is 0.238 e. The summed E-state index contributed by atoms with van der Waals surface area (Å²) in [6.07, 6.45) is 2.25. The van der Waals surface area contributed by atoms with Crippen molar-refractivity contribution in [3.8, 4) is 28.3 Å². The van der Waals surface area contributed by atoms with Crippen LogP contribution in [0.15, 0.2) is 42.5 Å². The Morgan fingerprint density at radius 2 is 1.90 bits per heavy atom. The summed E-state index contributed by atoms with van der Waals surface area (Å²) >= 11 is 0. The van der Waals surface area contributed by atoms with E-state index in [0.717, 1.165) is 42.8 Å². The number of carbonyl (C=O) groups excluding carboxylic acids is 2. The minimum absolute atomic E-state index is 0.0976. The fourth-order valence-corrected chi connectivity index (χ4v) is 4.28. The number of H-pyrrole nitrogens is 1. The van der Waals surface area contributed by atoms with Crippen LogP contribution >= 0.6 is 0 Å². The summed E-state index contributed by atoms with van der Waals surface area (Å²) in [5.74, 6) is 0.517. The van der Waals surface area contributed by atoms with Gasteiger partial charge in [-0.2, -0.15) is 5.10 Å². The zero-order valence-electron chi connectivity index (χ0n) is 16.7. The van der Waals surface area contributed by atoms with Gasteiger partial charge in [0.05, 0.1) is 36.2 Å². The van der Waals surface area contributed by atoms with Gasteiger partial charge >= 0.3 is 0 Å². The molecule has 0 spiro atoms. The second-order valence-corrected chi connectivity index (χ2v) is 7.64. The first-order valence-electron chi connectivity index (χ1n) is 10.1. The lowest BCUT2D eigenvalue weighted by atomic mass is 10.0. The van der Waals surface area contributed by atoms with E-state index in [4.69, 9.17) is 4.74 Å². The largest absolute Gasteiger partial charge is 0.497 e. The molecule has 0 unspecified atom stereocenters. The Hall–Kier alpha value is -3.45. The Balaban J connectivity index is 1.46. The summed E-state index contributed by atoms with van der Waals surface area (Å²) in [4.78, 5) is 28.0. The van der Waals surface area contributed by atoms with Crippen molar-refractivity contribution in [3.63, 3.8) is 0 Å². The van der Waals surface area contributed by atoms with Crippen molar-refractivity contribution in [1.29, 1.82) is 0 Å². The van der Waals surface area contributed by atoms with Gasteiger partial charge in [-0.1, -0.05) is 12.1 Å². The van der Waals surface area contributed by atoms with E-state index >= 15 is 0 Å². The molecule has 152 valence electrons. The van der Waals surface area contributed by atoms with Crippen LogP contribution < -0.4 is 10.1 Å². The first kappa shape index (κ1) is 18.6. The fourth-order valence-electron chi connectivity index (χ4n) is 4.28. The number of hydrogen-bond acceptors (Lipinski definition) is 5. The molecule has 0 saturated carbocycles. The molecule has 7 nitrogen and oxygen atoms in total. The predicted molar refractivity (Wildman–Crippen MR) is 114 cm³/mol. The van der Waals surface area contributed by atoms with Crippen LogP contribution in [0.2, 0.25) is 0 Å². The lowest BCUT2D eigenvalue weighted by molar-refractivity contribution is -0.117. The van der Waals surface area contributed by atoms with Crippen LogP contribution in [0.5, 0.6) is 5.75 Å². The summed E-state index contributed by atoms with van der Waals surface area (Å²) < 4.78 is 5.21. The van der Waals surface area contributed by atoms with Gasteiger partial charge in [0.2, 0.25) is 5.91 Å². The Bertz CT molecular complexity index is 1130.